The highest BCUT2D eigenvalue weighted by Crippen LogP contribution is 2.35. The fourth-order valence-corrected chi connectivity index (χ4v) is 3.65. The second kappa shape index (κ2) is 10.4. The molecule has 0 bridgehead atoms. The summed E-state index contributed by atoms with van der Waals surface area (Å²) in [6.45, 7) is 11.9. The van der Waals surface area contributed by atoms with E-state index in [0.717, 1.165) is 11.1 Å². The van der Waals surface area contributed by atoms with E-state index < -0.39 is 5.60 Å². The van der Waals surface area contributed by atoms with Gasteiger partial charge in [-0.2, -0.15) is 0 Å². The first-order valence-corrected chi connectivity index (χ1v) is 10.1. The lowest BCUT2D eigenvalue weighted by Gasteiger charge is -2.34. The van der Waals surface area contributed by atoms with Gasteiger partial charge < -0.3 is 9.47 Å². The zero-order chi connectivity index (χ0) is 20.6. The van der Waals surface area contributed by atoms with E-state index in [9.17, 15) is 4.79 Å². The maximum atomic E-state index is 13.4. The summed E-state index contributed by atoms with van der Waals surface area (Å²) in [5.74, 6) is -0.376. The first kappa shape index (κ1) is 22.1. The molecule has 0 N–H and O–H groups in total. The molecule has 152 valence electrons. The molecular weight excluding hydrogens is 350 g/mol. The molecule has 0 spiro atoms. The summed E-state index contributed by atoms with van der Waals surface area (Å²) in [6, 6.07) is 20.0. The molecule has 2 aromatic carbocycles. The minimum absolute atomic E-state index is 0.323. The first-order chi connectivity index (χ1) is 13.4. The van der Waals surface area contributed by atoms with Gasteiger partial charge in [-0.1, -0.05) is 60.7 Å². The van der Waals surface area contributed by atoms with Crippen LogP contribution in [0.25, 0.3) is 0 Å². The molecule has 0 unspecified atom stereocenters. The summed E-state index contributed by atoms with van der Waals surface area (Å²) in [7, 11) is 0. The quantitative estimate of drug-likeness (QED) is 0.561. The third-order valence-corrected chi connectivity index (χ3v) is 4.92. The van der Waals surface area contributed by atoms with Crippen LogP contribution < -0.4 is 0 Å². The van der Waals surface area contributed by atoms with Crippen LogP contribution in [-0.4, -0.2) is 42.7 Å². The minimum Gasteiger partial charge on any atom is -0.462 e. The Balaban J connectivity index is 2.32. The number of esters is 1. The number of hydrogen-bond acceptors (Lipinski definition) is 4. The third-order valence-electron chi connectivity index (χ3n) is 4.92. The predicted molar refractivity (Wildman–Crippen MR) is 113 cm³/mol. The van der Waals surface area contributed by atoms with Crippen LogP contribution in [0.5, 0.6) is 0 Å². The lowest BCUT2D eigenvalue weighted by molar-refractivity contribution is -0.169. The van der Waals surface area contributed by atoms with Gasteiger partial charge in [0.25, 0.3) is 0 Å². The van der Waals surface area contributed by atoms with E-state index in [-0.39, 0.29) is 5.97 Å². The zero-order valence-electron chi connectivity index (χ0n) is 17.7. The normalized spacial score (nSPS) is 12.0. The molecule has 0 saturated heterocycles. The first-order valence-electron chi connectivity index (χ1n) is 10.1. The Labute approximate surface area is 169 Å². The number of carbonyl (C=O) groups excluding carboxylic acids is 1. The van der Waals surface area contributed by atoms with Gasteiger partial charge in [0.15, 0.2) is 0 Å². The van der Waals surface area contributed by atoms with Crippen LogP contribution in [0.15, 0.2) is 60.7 Å². The Hall–Kier alpha value is -2.17. The van der Waals surface area contributed by atoms with Crippen LogP contribution in [0.2, 0.25) is 0 Å². The van der Waals surface area contributed by atoms with Crippen molar-refractivity contribution in [2.75, 3.05) is 19.8 Å². The molecular formula is C24H33NO3. The summed E-state index contributed by atoms with van der Waals surface area (Å²) in [4.78, 5) is 15.7. The molecule has 2 aromatic rings. The molecule has 4 heteroatoms. The van der Waals surface area contributed by atoms with E-state index in [2.05, 4.69) is 32.6 Å². The van der Waals surface area contributed by atoms with E-state index in [0.29, 0.717) is 31.8 Å². The summed E-state index contributed by atoms with van der Waals surface area (Å²) >= 11 is 0. The van der Waals surface area contributed by atoms with E-state index in [1.807, 2.05) is 67.6 Å². The standard InChI is InChI=1S/C24H33NO3/c1-6-28-24(21-13-9-7-10-14-21,22-15-11-8-12-16-22)23(26)27-18-17-25(19(2)3)20(4)5/h7-16,19-20H,6,17-18H2,1-5H3. The second-order valence-electron chi connectivity index (χ2n) is 7.41. The van der Waals surface area contributed by atoms with Crippen molar-refractivity contribution in [3.63, 3.8) is 0 Å². The molecule has 4 nitrogen and oxygen atoms in total. The number of hydrogen-bond donors (Lipinski definition) is 0. The Morgan fingerprint density at radius 2 is 1.36 bits per heavy atom. The van der Waals surface area contributed by atoms with Gasteiger partial charge in [0, 0.05) is 25.2 Å². The molecule has 0 fully saturated rings. The smallest absolute Gasteiger partial charge is 0.347 e. The molecule has 0 aliphatic heterocycles. The van der Waals surface area contributed by atoms with E-state index in [4.69, 9.17) is 9.47 Å². The largest absolute Gasteiger partial charge is 0.462 e. The number of rotatable bonds is 10. The van der Waals surface area contributed by atoms with Gasteiger partial charge in [-0.05, 0) is 45.7 Å². The van der Waals surface area contributed by atoms with Crippen molar-refractivity contribution in [1.82, 2.24) is 4.90 Å². The summed E-state index contributed by atoms with van der Waals surface area (Å²) < 4.78 is 11.9. The van der Waals surface area contributed by atoms with Crippen molar-refractivity contribution >= 4 is 5.97 Å². The molecule has 0 aromatic heterocycles. The summed E-state index contributed by atoms with van der Waals surface area (Å²) in [6.07, 6.45) is 0. The number of nitrogens with zero attached hydrogens (tertiary/aromatic N) is 1. The van der Waals surface area contributed by atoms with Gasteiger partial charge in [-0.3, -0.25) is 4.90 Å². The molecule has 0 heterocycles. The molecule has 0 aliphatic carbocycles. The molecule has 2 rings (SSSR count). The van der Waals surface area contributed by atoms with Gasteiger partial charge in [-0.25, -0.2) is 4.79 Å². The number of ether oxygens (including phenoxy) is 2. The summed E-state index contributed by atoms with van der Waals surface area (Å²) in [5.41, 5.74) is 0.285. The van der Waals surface area contributed by atoms with Crippen LogP contribution in [-0.2, 0) is 19.9 Å². The highest BCUT2D eigenvalue weighted by atomic mass is 16.6. The maximum Gasteiger partial charge on any atom is 0.347 e. The van der Waals surface area contributed by atoms with E-state index >= 15 is 0 Å². The molecule has 0 aliphatic rings. The van der Waals surface area contributed by atoms with Crippen LogP contribution >= 0.6 is 0 Å². The molecule has 0 saturated carbocycles. The fourth-order valence-electron chi connectivity index (χ4n) is 3.65. The Kier molecular flexibility index (Phi) is 8.21. The van der Waals surface area contributed by atoms with Crippen molar-refractivity contribution in [3.8, 4) is 0 Å². The Morgan fingerprint density at radius 1 is 0.893 bits per heavy atom. The predicted octanol–water partition coefficient (Wildman–Crippen LogP) is 4.63. The van der Waals surface area contributed by atoms with E-state index in [1.165, 1.54) is 0 Å². The molecule has 0 radical (unpaired) electrons. The molecule has 0 atom stereocenters. The number of benzene rings is 2. The van der Waals surface area contributed by atoms with Crippen molar-refractivity contribution in [2.45, 2.75) is 52.3 Å². The minimum atomic E-state index is -1.27. The lowest BCUT2D eigenvalue weighted by atomic mass is 9.86. The van der Waals surface area contributed by atoms with Crippen LogP contribution in [0.3, 0.4) is 0 Å². The second-order valence-corrected chi connectivity index (χ2v) is 7.41. The fraction of sp³-hybridized carbons (Fsp3) is 0.458. The van der Waals surface area contributed by atoms with Gasteiger partial charge >= 0.3 is 5.97 Å². The maximum absolute atomic E-state index is 13.4. The average Bonchev–Trinajstić information content (AvgIpc) is 2.70. The monoisotopic (exact) mass is 383 g/mol. The Bertz CT molecular complexity index is 666. The van der Waals surface area contributed by atoms with Crippen molar-refractivity contribution < 1.29 is 14.3 Å². The van der Waals surface area contributed by atoms with Gasteiger partial charge in [0.05, 0.1) is 0 Å². The van der Waals surface area contributed by atoms with Crippen molar-refractivity contribution in [1.29, 1.82) is 0 Å². The zero-order valence-corrected chi connectivity index (χ0v) is 17.7. The SMILES string of the molecule is CCOC(C(=O)OCCN(C(C)C)C(C)C)(c1ccccc1)c1ccccc1. The van der Waals surface area contributed by atoms with Gasteiger partial charge in [0.2, 0.25) is 5.60 Å². The van der Waals surface area contributed by atoms with Gasteiger partial charge in [0.1, 0.15) is 6.61 Å². The van der Waals surface area contributed by atoms with Crippen molar-refractivity contribution in [2.24, 2.45) is 0 Å². The molecule has 28 heavy (non-hydrogen) atoms. The van der Waals surface area contributed by atoms with Crippen molar-refractivity contribution in [3.05, 3.63) is 71.8 Å². The lowest BCUT2D eigenvalue weighted by Crippen LogP contribution is -2.44. The van der Waals surface area contributed by atoms with Gasteiger partial charge in [-0.15, -0.1) is 0 Å². The summed E-state index contributed by atoms with van der Waals surface area (Å²) in [5, 5.41) is 0. The van der Waals surface area contributed by atoms with Crippen LogP contribution in [0.4, 0.5) is 0 Å². The number of carbonyl (C=O) groups is 1. The van der Waals surface area contributed by atoms with E-state index in [1.54, 1.807) is 0 Å². The van der Waals surface area contributed by atoms with Crippen LogP contribution in [0.1, 0.15) is 45.7 Å². The van der Waals surface area contributed by atoms with Crippen LogP contribution in [0, 0.1) is 0 Å². The molecule has 0 amide bonds. The topological polar surface area (TPSA) is 38.8 Å². The Morgan fingerprint density at radius 3 is 1.75 bits per heavy atom. The highest BCUT2D eigenvalue weighted by Gasteiger charge is 2.44. The average molecular weight is 384 g/mol. The highest BCUT2D eigenvalue weighted by molar-refractivity contribution is 5.85. The third kappa shape index (κ3) is 5.00.